The van der Waals surface area contributed by atoms with Crippen LogP contribution in [0.25, 0.3) is 0 Å². The molecule has 0 bridgehead atoms. The van der Waals surface area contributed by atoms with Crippen LogP contribution in [0.1, 0.15) is 26.2 Å². The molecule has 0 radical (unpaired) electrons. The van der Waals surface area contributed by atoms with Gasteiger partial charge in [0.05, 0.1) is 12.2 Å². The van der Waals surface area contributed by atoms with Gasteiger partial charge in [-0.3, -0.25) is 4.79 Å². The minimum Gasteiger partial charge on any atom is -0.480 e. The molecule has 0 amide bonds. The molecule has 4 nitrogen and oxygen atoms in total. The van der Waals surface area contributed by atoms with Gasteiger partial charge in [0, 0.05) is 0 Å². The number of nitrogens with two attached hydrogens (primary N) is 1. The highest BCUT2D eigenvalue weighted by atomic mass is 16.5. The van der Waals surface area contributed by atoms with Gasteiger partial charge in [-0.05, 0) is 19.3 Å². The Hall–Kier alpha value is -0.610. The number of carboxylic acids is 1. The van der Waals surface area contributed by atoms with Crippen molar-refractivity contribution >= 4 is 5.97 Å². The lowest BCUT2D eigenvalue weighted by atomic mass is 10.1. The first-order chi connectivity index (χ1) is 5.65. The molecule has 1 aliphatic rings. The van der Waals surface area contributed by atoms with Crippen LogP contribution in [0.5, 0.6) is 0 Å². The molecule has 3 unspecified atom stereocenters. The molecule has 0 aliphatic carbocycles. The summed E-state index contributed by atoms with van der Waals surface area (Å²) >= 11 is 0. The minimum absolute atomic E-state index is 0.209. The Balaban J connectivity index is 2.41. The SMILES string of the molecule is CCC1CCC(C(N)C(=O)O)O1. The van der Waals surface area contributed by atoms with E-state index in [9.17, 15) is 4.79 Å². The quantitative estimate of drug-likeness (QED) is 0.646. The van der Waals surface area contributed by atoms with E-state index < -0.39 is 12.0 Å². The highest BCUT2D eigenvalue weighted by Crippen LogP contribution is 2.23. The summed E-state index contributed by atoms with van der Waals surface area (Å²) in [5.41, 5.74) is 5.41. The van der Waals surface area contributed by atoms with Crippen LogP contribution in [0.15, 0.2) is 0 Å². The van der Waals surface area contributed by atoms with Gasteiger partial charge in [-0.25, -0.2) is 0 Å². The number of rotatable bonds is 3. The van der Waals surface area contributed by atoms with Crippen LogP contribution >= 0.6 is 0 Å². The summed E-state index contributed by atoms with van der Waals surface area (Å²) < 4.78 is 5.43. The van der Waals surface area contributed by atoms with E-state index in [1.54, 1.807) is 0 Å². The average Bonchev–Trinajstić information content (AvgIpc) is 2.50. The number of hydrogen-bond donors (Lipinski definition) is 2. The van der Waals surface area contributed by atoms with Crippen molar-refractivity contribution in [1.82, 2.24) is 0 Å². The second kappa shape index (κ2) is 3.87. The lowest BCUT2D eigenvalue weighted by Crippen LogP contribution is -2.41. The molecule has 70 valence electrons. The molecule has 0 aromatic heterocycles. The van der Waals surface area contributed by atoms with E-state index in [0.29, 0.717) is 0 Å². The van der Waals surface area contributed by atoms with Crippen LogP contribution < -0.4 is 5.73 Å². The lowest BCUT2D eigenvalue weighted by Gasteiger charge is -2.15. The lowest BCUT2D eigenvalue weighted by molar-refractivity contribution is -0.142. The Morgan fingerprint density at radius 1 is 1.75 bits per heavy atom. The van der Waals surface area contributed by atoms with Crippen molar-refractivity contribution < 1.29 is 14.6 Å². The summed E-state index contributed by atoms with van der Waals surface area (Å²) in [4.78, 5) is 10.5. The van der Waals surface area contributed by atoms with Gasteiger partial charge in [0.15, 0.2) is 0 Å². The standard InChI is InChI=1S/C8H15NO3/c1-2-5-3-4-6(12-5)7(9)8(10)11/h5-7H,2-4,9H2,1H3,(H,10,11). The van der Waals surface area contributed by atoms with Gasteiger partial charge < -0.3 is 15.6 Å². The fourth-order valence-electron chi connectivity index (χ4n) is 1.46. The number of hydrogen-bond acceptors (Lipinski definition) is 3. The number of aliphatic carboxylic acids is 1. The molecule has 1 rings (SSSR count). The van der Waals surface area contributed by atoms with Crippen LogP contribution in [0, 0.1) is 0 Å². The third kappa shape index (κ3) is 1.95. The van der Waals surface area contributed by atoms with Crippen LogP contribution in [-0.4, -0.2) is 29.3 Å². The molecule has 0 aromatic rings. The van der Waals surface area contributed by atoms with E-state index in [1.165, 1.54) is 0 Å². The van der Waals surface area contributed by atoms with Crippen molar-refractivity contribution in [2.45, 2.75) is 44.4 Å². The second-order valence-corrected chi connectivity index (χ2v) is 3.15. The van der Waals surface area contributed by atoms with E-state index in [4.69, 9.17) is 15.6 Å². The summed E-state index contributed by atoms with van der Waals surface area (Å²) in [6.07, 6.45) is 2.56. The predicted octanol–water partition coefficient (Wildman–Crippen LogP) is 0.356. The molecule has 1 saturated heterocycles. The molecule has 3 N–H and O–H groups in total. The van der Waals surface area contributed by atoms with Gasteiger partial charge in [-0.15, -0.1) is 0 Å². The third-order valence-corrected chi connectivity index (χ3v) is 2.28. The van der Waals surface area contributed by atoms with Gasteiger partial charge in [-0.2, -0.15) is 0 Å². The van der Waals surface area contributed by atoms with Crippen molar-refractivity contribution in [1.29, 1.82) is 0 Å². The molecule has 12 heavy (non-hydrogen) atoms. The first kappa shape index (κ1) is 9.48. The highest BCUT2D eigenvalue weighted by molar-refractivity contribution is 5.73. The van der Waals surface area contributed by atoms with E-state index in [2.05, 4.69) is 0 Å². The van der Waals surface area contributed by atoms with E-state index in [-0.39, 0.29) is 12.2 Å². The summed E-state index contributed by atoms with van der Waals surface area (Å²) in [5, 5.41) is 8.60. The van der Waals surface area contributed by atoms with Gasteiger partial charge >= 0.3 is 5.97 Å². The zero-order valence-corrected chi connectivity index (χ0v) is 7.19. The van der Waals surface area contributed by atoms with Crippen LogP contribution in [0.2, 0.25) is 0 Å². The Bertz CT molecular complexity index is 172. The van der Waals surface area contributed by atoms with Crippen molar-refractivity contribution in [2.24, 2.45) is 5.73 Å². The number of carboxylic acid groups (broad SMARTS) is 1. The smallest absolute Gasteiger partial charge is 0.323 e. The summed E-state index contributed by atoms with van der Waals surface area (Å²) in [6, 6.07) is -0.860. The first-order valence-electron chi connectivity index (χ1n) is 4.29. The average molecular weight is 173 g/mol. The van der Waals surface area contributed by atoms with Crippen LogP contribution in [0.4, 0.5) is 0 Å². The topological polar surface area (TPSA) is 72.6 Å². The summed E-state index contributed by atoms with van der Waals surface area (Å²) in [6.45, 7) is 2.03. The third-order valence-electron chi connectivity index (χ3n) is 2.28. The molecule has 0 aromatic carbocycles. The molecule has 1 fully saturated rings. The maximum Gasteiger partial charge on any atom is 0.323 e. The molecule has 0 spiro atoms. The Morgan fingerprint density at radius 3 is 2.83 bits per heavy atom. The number of ether oxygens (including phenoxy) is 1. The molecule has 4 heteroatoms. The largest absolute Gasteiger partial charge is 0.480 e. The van der Waals surface area contributed by atoms with Crippen molar-refractivity contribution in [3.8, 4) is 0 Å². The zero-order valence-electron chi connectivity index (χ0n) is 7.19. The predicted molar refractivity (Wildman–Crippen MR) is 43.8 cm³/mol. The monoisotopic (exact) mass is 173 g/mol. The fraction of sp³-hybridized carbons (Fsp3) is 0.875. The Morgan fingerprint density at radius 2 is 2.42 bits per heavy atom. The normalized spacial score (nSPS) is 31.8. The highest BCUT2D eigenvalue weighted by Gasteiger charge is 2.32. The maximum atomic E-state index is 10.5. The van der Waals surface area contributed by atoms with Gasteiger partial charge in [0.25, 0.3) is 0 Å². The van der Waals surface area contributed by atoms with Gasteiger partial charge in [-0.1, -0.05) is 6.92 Å². The maximum absolute atomic E-state index is 10.5. The van der Waals surface area contributed by atoms with Crippen molar-refractivity contribution in [3.63, 3.8) is 0 Å². The molecule has 3 atom stereocenters. The Labute approximate surface area is 71.7 Å². The molecular weight excluding hydrogens is 158 g/mol. The van der Waals surface area contributed by atoms with E-state index >= 15 is 0 Å². The molecule has 1 heterocycles. The Kier molecular flexibility index (Phi) is 3.05. The zero-order chi connectivity index (χ0) is 9.14. The minimum atomic E-state index is -0.975. The van der Waals surface area contributed by atoms with Crippen LogP contribution in [0.3, 0.4) is 0 Å². The second-order valence-electron chi connectivity index (χ2n) is 3.15. The molecule has 1 aliphatic heterocycles. The first-order valence-corrected chi connectivity index (χ1v) is 4.29. The van der Waals surface area contributed by atoms with Crippen LogP contribution in [-0.2, 0) is 9.53 Å². The molecule has 0 saturated carbocycles. The van der Waals surface area contributed by atoms with E-state index in [0.717, 1.165) is 19.3 Å². The van der Waals surface area contributed by atoms with Crippen molar-refractivity contribution in [2.75, 3.05) is 0 Å². The summed E-state index contributed by atoms with van der Waals surface area (Å²) in [7, 11) is 0. The molecular formula is C8H15NO3. The van der Waals surface area contributed by atoms with Crippen molar-refractivity contribution in [3.05, 3.63) is 0 Å². The van der Waals surface area contributed by atoms with Gasteiger partial charge in [0.1, 0.15) is 6.04 Å². The number of carbonyl (C=O) groups is 1. The van der Waals surface area contributed by atoms with Gasteiger partial charge in [0.2, 0.25) is 0 Å². The fourth-order valence-corrected chi connectivity index (χ4v) is 1.46. The van der Waals surface area contributed by atoms with E-state index in [1.807, 2.05) is 6.92 Å². The summed E-state index contributed by atoms with van der Waals surface area (Å²) in [5.74, 6) is -0.975.